The minimum absolute atomic E-state index is 0.165. The Bertz CT molecular complexity index is 689. The lowest BCUT2D eigenvalue weighted by molar-refractivity contribution is -0.176. The standard InChI is InChI=1S/C17H17F3N2O2S/c1-2-25-15-8-7-14(9-21-15)22-16(23)13-5-3-12(4-6-13)10-24-11-17(18,19)20/h3-9H,2,10-11H2,1H3,(H,22,23). The molecule has 1 amide bonds. The molecule has 0 fully saturated rings. The summed E-state index contributed by atoms with van der Waals surface area (Å²) in [5.41, 5.74) is 1.53. The van der Waals surface area contributed by atoms with Crippen LogP contribution in [0.2, 0.25) is 0 Å². The molecule has 0 spiro atoms. The molecule has 1 heterocycles. The fourth-order valence-corrected chi connectivity index (χ4v) is 2.51. The second-order valence-corrected chi connectivity index (χ2v) is 6.36. The van der Waals surface area contributed by atoms with Crippen molar-refractivity contribution in [2.75, 3.05) is 17.7 Å². The van der Waals surface area contributed by atoms with Crippen LogP contribution in [0.1, 0.15) is 22.8 Å². The fraction of sp³-hybridized carbons (Fsp3) is 0.294. The van der Waals surface area contributed by atoms with E-state index in [2.05, 4.69) is 15.0 Å². The van der Waals surface area contributed by atoms with Crippen LogP contribution in [-0.2, 0) is 11.3 Å². The number of amides is 1. The van der Waals surface area contributed by atoms with Gasteiger partial charge in [0.15, 0.2) is 0 Å². The Morgan fingerprint density at radius 1 is 1.20 bits per heavy atom. The third-order valence-corrected chi connectivity index (χ3v) is 3.86. The quantitative estimate of drug-likeness (QED) is 0.728. The molecule has 1 aromatic carbocycles. The molecule has 0 atom stereocenters. The van der Waals surface area contributed by atoms with Gasteiger partial charge in [0.25, 0.3) is 5.91 Å². The molecule has 8 heteroatoms. The molecule has 0 aliphatic carbocycles. The van der Waals surface area contributed by atoms with Crippen molar-refractivity contribution in [2.24, 2.45) is 0 Å². The summed E-state index contributed by atoms with van der Waals surface area (Å²) in [6.07, 6.45) is -2.77. The second kappa shape index (κ2) is 8.87. The van der Waals surface area contributed by atoms with E-state index in [1.54, 1.807) is 36.2 Å². The Balaban J connectivity index is 1.89. The highest BCUT2D eigenvalue weighted by Gasteiger charge is 2.27. The number of hydrogen-bond acceptors (Lipinski definition) is 4. The van der Waals surface area contributed by atoms with Crippen LogP contribution in [0.25, 0.3) is 0 Å². The van der Waals surface area contributed by atoms with E-state index in [0.717, 1.165) is 10.8 Å². The van der Waals surface area contributed by atoms with E-state index >= 15 is 0 Å². The molecular formula is C17H17F3N2O2S. The number of nitrogens with zero attached hydrogens (tertiary/aromatic N) is 1. The fourth-order valence-electron chi connectivity index (χ4n) is 1.93. The van der Waals surface area contributed by atoms with E-state index in [1.165, 1.54) is 12.1 Å². The van der Waals surface area contributed by atoms with Crippen LogP contribution in [0, 0.1) is 0 Å². The molecule has 0 aliphatic heterocycles. The zero-order valence-electron chi connectivity index (χ0n) is 13.5. The summed E-state index contributed by atoms with van der Waals surface area (Å²) in [6.45, 7) is 0.566. The van der Waals surface area contributed by atoms with Gasteiger partial charge in [0.05, 0.1) is 23.5 Å². The maximum Gasteiger partial charge on any atom is 0.411 e. The van der Waals surface area contributed by atoms with Crippen molar-refractivity contribution in [3.8, 4) is 0 Å². The molecule has 0 saturated heterocycles. The van der Waals surface area contributed by atoms with Gasteiger partial charge in [-0.15, -0.1) is 11.8 Å². The second-order valence-electron chi connectivity index (χ2n) is 5.08. The molecule has 1 N–H and O–H groups in total. The van der Waals surface area contributed by atoms with Gasteiger partial charge in [-0.1, -0.05) is 19.1 Å². The summed E-state index contributed by atoms with van der Waals surface area (Å²) in [5.74, 6) is 0.595. The van der Waals surface area contributed by atoms with Crippen LogP contribution in [-0.4, -0.2) is 29.4 Å². The number of rotatable bonds is 7. The highest BCUT2D eigenvalue weighted by molar-refractivity contribution is 7.99. The first kappa shape index (κ1) is 19.3. The minimum Gasteiger partial charge on any atom is -0.367 e. The first-order valence-corrected chi connectivity index (χ1v) is 8.49. The first-order chi connectivity index (χ1) is 11.9. The zero-order valence-corrected chi connectivity index (χ0v) is 14.3. The van der Waals surface area contributed by atoms with Crippen LogP contribution in [0.4, 0.5) is 18.9 Å². The van der Waals surface area contributed by atoms with Crippen LogP contribution < -0.4 is 5.32 Å². The van der Waals surface area contributed by atoms with Gasteiger partial charge in [-0.2, -0.15) is 13.2 Å². The van der Waals surface area contributed by atoms with E-state index in [-0.39, 0.29) is 12.5 Å². The van der Waals surface area contributed by atoms with Gasteiger partial charge in [0.1, 0.15) is 6.61 Å². The minimum atomic E-state index is -4.35. The highest BCUT2D eigenvalue weighted by Crippen LogP contribution is 2.18. The van der Waals surface area contributed by atoms with Crippen molar-refractivity contribution >= 4 is 23.4 Å². The third-order valence-electron chi connectivity index (χ3n) is 3.04. The third kappa shape index (κ3) is 6.75. The van der Waals surface area contributed by atoms with Gasteiger partial charge in [-0.3, -0.25) is 4.79 Å². The van der Waals surface area contributed by atoms with Gasteiger partial charge in [-0.25, -0.2) is 4.98 Å². The molecule has 1 aromatic heterocycles. The number of hydrogen-bond donors (Lipinski definition) is 1. The predicted molar refractivity (Wildman–Crippen MR) is 90.7 cm³/mol. The van der Waals surface area contributed by atoms with Crippen molar-refractivity contribution in [1.29, 1.82) is 0 Å². The summed E-state index contributed by atoms with van der Waals surface area (Å²) in [6, 6.07) is 9.79. The van der Waals surface area contributed by atoms with Gasteiger partial charge in [0, 0.05) is 5.56 Å². The summed E-state index contributed by atoms with van der Waals surface area (Å²) < 4.78 is 40.6. The molecular weight excluding hydrogens is 353 g/mol. The first-order valence-electron chi connectivity index (χ1n) is 7.51. The number of ether oxygens (including phenoxy) is 1. The Morgan fingerprint density at radius 2 is 1.92 bits per heavy atom. The SMILES string of the molecule is CCSc1ccc(NC(=O)c2ccc(COCC(F)(F)F)cc2)cn1. The maximum absolute atomic E-state index is 12.2. The molecule has 0 bridgehead atoms. The number of thioether (sulfide) groups is 1. The van der Waals surface area contributed by atoms with Gasteiger partial charge in [-0.05, 0) is 35.6 Å². The number of pyridine rings is 1. The summed E-state index contributed by atoms with van der Waals surface area (Å²) in [7, 11) is 0. The molecule has 2 aromatic rings. The largest absolute Gasteiger partial charge is 0.411 e. The summed E-state index contributed by atoms with van der Waals surface area (Å²) >= 11 is 1.60. The van der Waals surface area contributed by atoms with E-state index in [4.69, 9.17) is 0 Å². The Kier molecular flexibility index (Phi) is 6.83. The van der Waals surface area contributed by atoms with Crippen molar-refractivity contribution in [2.45, 2.75) is 24.7 Å². The van der Waals surface area contributed by atoms with E-state index in [1.807, 2.05) is 13.0 Å². The monoisotopic (exact) mass is 370 g/mol. The molecule has 4 nitrogen and oxygen atoms in total. The maximum atomic E-state index is 12.2. The van der Waals surface area contributed by atoms with Gasteiger partial charge in [0.2, 0.25) is 0 Å². The van der Waals surface area contributed by atoms with E-state index in [0.29, 0.717) is 16.8 Å². The Morgan fingerprint density at radius 3 is 2.48 bits per heavy atom. The number of benzene rings is 1. The number of alkyl halides is 3. The van der Waals surface area contributed by atoms with Crippen molar-refractivity contribution in [3.05, 3.63) is 53.7 Å². The van der Waals surface area contributed by atoms with Crippen LogP contribution in [0.5, 0.6) is 0 Å². The Hall–Kier alpha value is -2.06. The predicted octanol–water partition coefficient (Wildman–Crippen LogP) is 4.52. The number of anilines is 1. The van der Waals surface area contributed by atoms with Crippen LogP contribution in [0.15, 0.2) is 47.6 Å². The van der Waals surface area contributed by atoms with Gasteiger partial charge < -0.3 is 10.1 Å². The molecule has 0 unspecified atom stereocenters. The summed E-state index contributed by atoms with van der Waals surface area (Å²) in [5, 5.41) is 3.60. The molecule has 134 valence electrons. The van der Waals surface area contributed by atoms with Crippen molar-refractivity contribution in [1.82, 2.24) is 4.98 Å². The lowest BCUT2D eigenvalue weighted by Crippen LogP contribution is -2.16. The smallest absolute Gasteiger partial charge is 0.367 e. The number of halogens is 3. The number of carbonyl (C=O) groups is 1. The number of nitrogens with one attached hydrogen (secondary N) is 1. The summed E-state index contributed by atoms with van der Waals surface area (Å²) in [4.78, 5) is 16.4. The van der Waals surface area contributed by atoms with E-state index < -0.39 is 12.8 Å². The molecule has 25 heavy (non-hydrogen) atoms. The normalized spacial score (nSPS) is 11.4. The van der Waals surface area contributed by atoms with Crippen molar-refractivity contribution in [3.63, 3.8) is 0 Å². The number of aromatic nitrogens is 1. The topological polar surface area (TPSA) is 51.2 Å². The average Bonchev–Trinajstić information content (AvgIpc) is 2.56. The molecule has 0 radical (unpaired) electrons. The van der Waals surface area contributed by atoms with Crippen LogP contribution in [0.3, 0.4) is 0 Å². The molecule has 0 aliphatic rings. The van der Waals surface area contributed by atoms with Crippen LogP contribution >= 0.6 is 11.8 Å². The lowest BCUT2D eigenvalue weighted by atomic mass is 10.1. The molecule has 0 saturated carbocycles. The Labute approximate surface area is 147 Å². The van der Waals surface area contributed by atoms with Crippen molar-refractivity contribution < 1.29 is 22.7 Å². The zero-order chi connectivity index (χ0) is 18.3. The van der Waals surface area contributed by atoms with Gasteiger partial charge >= 0.3 is 6.18 Å². The highest BCUT2D eigenvalue weighted by atomic mass is 32.2. The van der Waals surface area contributed by atoms with E-state index in [9.17, 15) is 18.0 Å². The molecule has 2 rings (SSSR count). The number of carbonyl (C=O) groups excluding carboxylic acids is 1. The lowest BCUT2D eigenvalue weighted by Gasteiger charge is -2.09. The average molecular weight is 370 g/mol.